The van der Waals surface area contributed by atoms with E-state index >= 15 is 0 Å². The van der Waals surface area contributed by atoms with Crippen LogP contribution in [0.25, 0.3) is 22.1 Å². The van der Waals surface area contributed by atoms with E-state index in [1.165, 1.54) is 0 Å². The molecule has 0 unspecified atom stereocenters. The topological polar surface area (TPSA) is 46.0 Å². The van der Waals surface area contributed by atoms with Crippen molar-refractivity contribution in [1.82, 2.24) is 9.97 Å². The maximum absolute atomic E-state index is 10.2. The number of aromatic hydroxyl groups is 1. The van der Waals surface area contributed by atoms with Gasteiger partial charge < -0.3 is 5.11 Å². The third kappa shape index (κ3) is 2.02. The third-order valence-electron chi connectivity index (χ3n) is 3.00. The Kier molecular flexibility index (Phi) is 3.45. The summed E-state index contributed by atoms with van der Waals surface area (Å²) >= 11 is 21.6. The summed E-state index contributed by atoms with van der Waals surface area (Å²) in [5.41, 5.74) is 2.36. The molecule has 0 aliphatic carbocycles. The monoisotopic (exact) mass is 390 g/mol. The van der Waals surface area contributed by atoms with Crippen LogP contribution < -0.4 is 0 Å². The fourth-order valence-corrected chi connectivity index (χ4v) is 3.23. The van der Waals surface area contributed by atoms with Crippen LogP contribution in [0.4, 0.5) is 0 Å². The van der Waals surface area contributed by atoms with Crippen LogP contribution in [0.3, 0.4) is 0 Å². The molecule has 1 aromatic heterocycles. The van der Waals surface area contributed by atoms with Gasteiger partial charge in [-0.3, -0.25) is 0 Å². The molecule has 20 heavy (non-hydrogen) atoms. The molecule has 3 nitrogen and oxygen atoms in total. The zero-order valence-corrected chi connectivity index (χ0v) is 13.9. The minimum atomic E-state index is -0.00121. The van der Waals surface area contributed by atoms with Crippen molar-refractivity contribution in [3.8, 4) is 5.75 Å². The fourth-order valence-electron chi connectivity index (χ4n) is 1.95. The van der Waals surface area contributed by atoms with E-state index in [1.54, 1.807) is 19.1 Å². The highest BCUT2D eigenvalue weighted by Gasteiger charge is 2.17. The van der Waals surface area contributed by atoms with E-state index in [0.29, 0.717) is 47.2 Å². The number of phenolic OH excluding ortho intramolecular Hbond substituents is 1. The summed E-state index contributed by atoms with van der Waals surface area (Å²) in [4.78, 5) is 8.83. The van der Waals surface area contributed by atoms with Gasteiger partial charge in [0.05, 0.1) is 20.0 Å². The van der Waals surface area contributed by atoms with E-state index in [-0.39, 0.29) is 5.75 Å². The van der Waals surface area contributed by atoms with Gasteiger partial charge in [-0.25, -0.2) is 9.97 Å². The molecule has 0 saturated heterocycles. The van der Waals surface area contributed by atoms with Gasteiger partial charge in [0.15, 0.2) is 0 Å². The Morgan fingerprint density at radius 1 is 1.05 bits per heavy atom. The quantitative estimate of drug-likeness (QED) is 0.513. The van der Waals surface area contributed by atoms with Crippen molar-refractivity contribution in [1.29, 1.82) is 0 Å². The van der Waals surface area contributed by atoms with Crippen molar-refractivity contribution >= 4 is 72.8 Å². The first-order valence-corrected chi connectivity index (χ1v) is 7.46. The second kappa shape index (κ2) is 4.88. The molecular formula is C13H6BrCl3N2O. The van der Waals surface area contributed by atoms with E-state index in [9.17, 15) is 5.11 Å². The van der Waals surface area contributed by atoms with Crippen LogP contribution in [0.15, 0.2) is 16.6 Å². The van der Waals surface area contributed by atoms with Crippen LogP contribution in [0.5, 0.6) is 5.75 Å². The van der Waals surface area contributed by atoms with Gasteiger partial charge in [-0.05, 0) is 35.0 Å². The van der Waals surface area contributed by atoms with Crippen molar-refractivity contribution in [2.75, 3.05) is 0 Å². The number of nitrogens with zero attached hydrogens (tertiary/aromatic N) is 2. The SMILES string of the molecule is Cc1c(Cl)c(Br)c2nc3c(Cl)cc(Cl)cc3nc2c1O. The van der Waals surface area contributed by atoms with Crippen LogP contribution in [-0.2, 0) is 0 Å². The van der Waals surface area contributed by atoms with Crippen LogP contribution in [0.1, 0.15) is 5.56 Å². The molecule has 0 amide bonds. The second-order valence-corrected chi connectivity index (χ2v) is 6.29. The smallest absolute Gasteiger partial charge is 0.147 e. The fraction of sp³-hybridized carbons (Fsp3) is 0.0769. The Morgan fingerprint density at radius 3 is 2.45 bits per heavy atom. The van der Waals surface area contributed by atoms with Crippen molar-refractivity contribution < 1.29 is 5.11 Å². The first kappa shape index (κ1) is 14.1. The highest BCUT2D eigenvalue weighted by molar-refractivity contribution is 9.10. The molecule has 0 aliphatic heterocycles. The summed E-state index contributed by atoms with van der Waals surface area (Å²) in [5, 5.41) is 11.4. The van der Waals surface area contributed by atoms with E-state index in [1.807, 2.05) is 0 Å². The molecule has 1 N–H and O–H groups in total. The molecule has 2 aromatic carbocycles. The highest BCUT2D eigenvalue weighted by atomic mass is 79.9. The van der Waals surface area contributed by atoms with E-state index < -0.39 is 0 Å². The van der Waals surface area contributed by atoms with Gasteiger partial charge in [0, 0.05) is 10.6 Å². The summed E-state index contributed by atoms with van der Waals surface area (Å²) < 4.78 is 0.574. The molecule has 0 fully saturated rings. The Labute approximate surface area is 137 Å². The molecular weight excluding hydrogens is 386 g/mol. The minimum absolute atomic E-state index is 0.00121. The highest BCUT2D eigenvalue weighted by Crippen LogP contribution is 2.40. The Morgan fingerprint density at radius 2 is 1.75 bits per heavy atom. The van der Waals surface area contributed by atoms with Crippen molar-refractivity contribution in [2.24, 2.45) is 0 Å². The summed E-state index contributed by atoms with van der Waals surface area (Å²) in [6.07, 6.45) is 0. The van der Waals surface area contributed by atoms with Gasteiger partial charge in [0.25, 0.3) is 0 Å². The summed E-state index contributed by atoms with van der Waals surface area (Å²) in [7, 11) is 0. The summed E-state index contributed by atoms with van der Waals surface area (Å²) in [5.74, 6) is -0.00121. The van der Waals surface area contributed by atoms with Crippen molar-refractivity contribution in [2.45, 2.75) is 6.92 Å². The molecule has 3 rings (SSSR count). The summed E-state index contributed by atoms with van der Waals surface area (Å²) in [6, 6.07) is 3.24. The number of phenols is 1. The summed E-state index contributed by atoms with van der Waals surface area (Å²) in [6.45, 7) is 1.71. The van der Waals surface area contributed by atoms with E-state index in [0.717, 1.165) is 0 Å². The Balaban J connectivity index is 2.58. The van der Waals surface area contributed by atoms with Gasteiger partial charge in [-0.1, -0.05) is 34.8 Å². The van der Waals surface area contributed by atoms with E-state index in [4.69, 9.17) is 34.8 Å². The predicted molar refractivity (Wildman–Crippen MR) is 86.2 cm³/mol. The molecule has 0 aliphatic rings. The first-order valence-electron chi connectivity index (χ1n) is 5.53. The Hall–Kier alpha value is -0.810. The van der Waals surface area contributed by atoms with Crippen molar-refractivity contribution in [3.05, 3.63) is 37.2 Å². The van der Waals surface area contributed by atoms with Crippen LogP contribution in [0.2, 0.25) is 15.1 Å². The molecule has 102 valence electrons. The van der Waals surface area contributed by atoms with Crippen LogP contribution in [0, 0.1) is 6.92 Å². The lowest BCUT2D eigenvalue weighted by atomic mass is 10.1. The van der Waals surface area contributed by atoms with Gasteiger partial charge in [0.1, 0.15) is 22.3 Å². The first-order chi connectivity index (χ1) is 9.40. The number of benzene rings is 2. The number of halogens is 4. The molecule has 7 heteroatoms. The number of hydrogen-bond donors (Lipinski definition) is 1. The van der Waals surface area contributed by atoms with Gasteiger partial charge in [-0.15, -0.1) is 0 Å². The predicted octanol–water partition coefficient (Wildman–Crippen LogP) is 5.52. The molecule has 3 aromatic rings. The van der Waals surface area contributed by atoms with E-state index in [2.05, 4.69) is 25.9 Å². The molecule has 0 saturated carbocycles. The minimum Gasteiger partial charge on any atom is -0.505 e. The van der Waals surface area contributed by atoms with Crippen molar-refractivity contribution in [3.63, 3.8) is 0 Å². The normalized spacial score (nSPS) is 11.4. The van der Waals surface area contributed by atoms with Gasteiger partial charge in [0.2, 0.25) is 0 Å². The van der Waals surface area contributed by atoms with Gasteiger partial charge >= 0.3 is 0 Å². The standard InChI is InChI=1S/C13H6BrCl3N2O/c1-4-9(17)8(14)11-12(13(4)20)18-7-3-5(15)2-6(16)10(7)19-11/h2-3,20H,1H3. The molecule has 0 radical (unpaired) electrons. The lowest BCUT2D eigenvalue weighted by molar-refractivity contribution is 0.476. The Bertz CT molecular complexity index is 883. The average Bonchev–Trinajstić information content (AvgIpc) is 2.41. The second-order valence-electron chi connectivity index (χ2n) is 4.28. The number of rotatable bonds is 0. The zero-order valence-electron chi connectivity index (χ0n) is 10.0. The molecule has 0 atom stereocenters. The molecule has 0 spiro atoms. The maximum Gasteiger partial charge on any atom is 0.147 e. The van der Waals surface area contributed by atoms with Crippen LogP contribution >= 0.6 is 50.7 Å². The van der Waals surface area contributed by atoms with Crippen LogP contribution in [-0.4, -0.2) is 15.1 Å². The third-order valence-corrected chi connectivity index (χ3v) is 4.98. The molecule has 0 bridgehead atoms. The average molecular weight is 392 g/mol. The van der Waals surface area contributed by atoms with Gasteiger partial charge in [-0.2, -0.15) is 0 Å². The lowest BCUT2D eigenvalue weighted by Crippen LogP contribution is -1.93. The molecule has 1 heterocycles. The number of fused-ring (bicyclic) bond motifs is 2. The number of aromatic nitrogens is 2. The maximum atomic E-state index is 10.2. The lowest BCUT2D eigenvalue weighted by Gasteiger charge is -2.10. The largest absolute Gasteiger partial charge is 0.505 e. The number of hydrogen-bond acceptors (Lipinski definition) is 3. The zero-order chi connectivity index (χ0) is 14.6.